The molecule has 21 heavy (non-hydrogen) atoms. The Morgan fingerprint density at radius 2 is 1.90 bits per heavy atom. The zero-order chi connectivity index (χ0) is 14.7. The van der Waals surface area contributed by atoms with Crippen LogP contribution in [0.1, 0.15) is 15.9 Å². The van der Waals surface area contributed by atoms with Gasteiger partial charge in [0.05, 0.1) is 0 Å². The summed E-state index contributed by atoms with van der Waals surface area (Å²) in [7, 11) is 0. The summed E-state index contributed by atoms with van der Waals surface area (Å²) in [6.45, 7) is 0.470. The molecule has 3 N–H and O–H groups in total. The number of amides is 1. The summed E-state index contributed by atoms with van der Waals surface area (Å²) in [5.41, 5.74) is 7.95. The minimum absolute atomic E-state index is 0.136. The Balaban J connectivity index is 1.89. The van der Waals surface area contributed by atoms with E-state index in [1.165, 1.54) is 0 Å². The minimum Gasteiger partial charge on any atom is -0.326 e. The van der Waals surface area contributed by atoms with E-state index in [-0.39, 0.29) is 5.91 Å². The first-order valence-corrected chi connectivity index (χ1v) is 6.71. The number of hydrogen-bond donors (Lipinski definition) is 2. The Labute approximate surface area is 122 Å². The summed E-state index contributed by atoms with van der Waals surface area (Å²) in [5.74, 6) is -0.136. The predicted octanol–water partition coefficient (Wildman–Crippen LogP) is 2.95. The number of aromatic nitrogens is 1. The van der Waals surface area contributed by atoms with Crippen molar-refractivity contribution in [3.63, 3.8) is 0 Å². The highest BCUT2D eigenvalue weighted by molar-refractivity contribution is 6.09. The summed E-state index contributed by atoms with van der Waals surface area (Å²) in [6.07, 6.45) is 3.50. The number of fused-ring (bicyclic) bond motifs is 1. The topological polar surface area (TPSA) is 68.0 Å². The lowest BCUT2D eigenvalue weighted by Crippen LogP contribution is -2.12. The van der Waals surface area contributed by atoms with E-state index in [0.717, 1.165) is 22.0 Å². The Morgan fingerprint density at radius 1 is 1.10 bits per heavy atom. The first-order chi connectivity index (χ1) is 10.3. The SMILES string of the molecule is NCc1ccc(C(=O)Nc2cccc3cnccc23)cc1. The Bertz CT molecular complexity index is 776. The first kappa shape index (κ1) is 13.3. The quantitative estimate of drug-likeness (QED) is 0.773. The van der Waals surface area contributed by atoms with Gasteiger partial charge in [0.1, 0.15) is 0 Å². The summed E-state index contributed by atoms with van der Waals surface area (Å²) >= 11 is 0. The van der Waals surface area contributed by atoms with E-state index in [9.17, 15) is 4.79 Å². The maximum absolute atomic E-state index is 12.3. The van der Waals surface area contributed by atoms with Crippen LogP contribution in [0.3, 0.4) is 0 Å². The smallest absolute Gasteiger partial charge is 0.255 e. The number of anilines is 1. The number of carbonyl (C=O) groups is 1. The highest BCUT2D eigenvalue weighted by Gasteiger charge is 2.08. The van der Waals surface area contributed by atoms with E-state index >= 15 is 0 Å². The van der Waals surface area contributed by atoms with Crippen molar-refractivity contribution in [1.29, 1.82) is 0 Å². The van der Waals surface area contributed by atoms with Gasteiger partial charge in [0, 0.05) is 41.0 Å². The molecule has 2 aromatic carbocycles. The van der Waals surface area contributed by atoms with Crippen LogP contribution in [-0.4, -0.2) is 10.9 Å². The molecule has 0 radical (unpaired) electrons. The molecule has 0 unspecified atom stereocenters. The molecule has 4 nitrogen and oxygen atoms in total. The van der Waals surface area contributed by atoms with Gasteiger partial charge < -0.3 is 11.1 Å². The third-order valence-electron chi connectivity index (χ3n) is 3.38. The molecule has 0 aliphatic heterocycles. The molecule has 0 aliphatic carbocycles. The second kappa shape index (κ2) is 5.73. The number of nitrogens with one attached hydrogen (secondary N) is 1. The van der Waals surface area contributed by atoms with Crippen molar-refractivity contribution in [3.05, 3.63) is 72.1 Å². The third-order valence-corrected chi connectivity index (χ3v) is 3.38. The van der Waals surface area contributed by atoms with Gasteiger partial charge in [-0.15, -0.1) is 0 Å². The molecule has 0 aliphatic rings. The van der Waals surface area contributed by atoms with E-state index in [4.69, 9.17) is 5.73 Å². The molecule has 0 bridgehead atoms. The number of benzene rings is 2. The molecular formula is C17H15N3O. The molecular weight excluding hydrogens is 262 g/mol. The van der Waals surface area contributed by atoms with Gasteiger partial charge in [-0.2, -0.15) is 0 Å². The maximum atomic E-state index is 12.3. The maximum Gasteiger partial charge on any atom is 0.255 e. The number of pyridine rings is 1. The average Bonchev–Trinajstić information content (AvgIpc) is 2.55. The van der Waals surface area contributed by atoms with Crippen molar-refractivity contribution in [2.24, 2.45) is 5.73 Å². The van der Waals surface area contributed by atoms with Crippen molar-refractivity contribution in [3.8, 4) is 0 Å². The lowest BCUT2D eigenvalue weighted by Gasteiger charge is -2.09. The van der Waals surface area contributed by atoms with Gasteiger partial charge in [-0.3, -0.25) is 9.78 Å². The molecule has 3 aromatic rings. The number of rotatable bonds is 3. The first-order valence-electron chi connectivity index (χ1n) is 6.71. The van der Waals surface area contributed by atoms with Crippen molar-refractivity contribution in [2.45, 2.75) is 6.54 Å². The number of carbonyl (C=O) groups excluding carboxylic acids is 1. The molecule has 1 amide bonds. The molecule has 104 valence electrons. The number of hydrogen-bond acceptors (Lipinski definition) is 3. The monoisotopic (exact) mass is 277 g/mol. The molecule has 1 aromatic heterocycles. The largest absolute Gasteiger partial charge is 0.326 e. The van der Waals surface area contributed by atoms with Gasteiger partial charge in [-0.1, -0.05) is 24.3 Å². The zero-order valence-electron chi connectivity index (χ0n) is 11.4. The van der Waals surface area contributed by atoms with E-state index in [2.05, 4.69) is 10.3 Å². The van der Waals surface area contributed by atoms with Gasteiger partial charge >= 0.3 is 0 Å². The van der Waals surface area contributed by atoms with Crippen LogP contribution in [0.5, 0.6) is 0 Å². The summed E-state index contributed by atoms with van der Waals surface area (Å²) in [4.78, 5) is 16.4. The van der Waals surface area contributed by atoms with Crippen LogP contribution in [0.4, 0.5) is 5.69 Å². The van der Waals surface area contributed by atoms with Crippen LogP contribution in [0, 0.1) is 0 Å². The lowest BCUT2D eigenvalue weighted by atomic mass is 10.1. The van der Waals surface area contributed by atoms with E-state index < -0.39 is 0 Å². The van der Waals surface area contributed by atoms with Crippen LogP contribution < -0.4 is 11.1 Å². The second-order valence-corrected chi connectivity index (χ2v) is 4.76. The van der Waals surface area contributed by atoms with Gasteiger partial charge in [0.25, 0.3) is 5.91 Å². The second-order valence-electron chi connectivity index (χ2n) is 4.76. The molecule has 0 spiro atoms. The summed E-state index contributed by atoms with van der Waals surface area (Å²) < 4.78 is 0. The van der Waals surface area contributed by atoms with Crippen molar-refractivity contribution < 1.29 is 4.79 Å². The van der Waals surface area contributed by atoms with Crippen molar-refractivity contribution in [1.82, 2.24) is 4.98 Å². The van der Waals surface area contributed by atoms with E-state index in [1.54, 1.807) is 24.5 Å². The van der Waals surface area contributed by atoms with Crippen molar-refractivity contribution >= 4 is 22.4 Å². The van der Waals surface area contributed by atoms with Gasteiger partial charge in [-0.05, 0) is 29.8 Å². The fourth-order valence-corrected chi connectivity index (χ4v) is 2.22. The van der Waals surface area contributed by atoms with Gasteiger partial charge in [-0.25, -0.2) is 0 Å². The summed E-state index contributed by atoms with van der Waals surface area (Å²) in [6, 6.07) is 14.9. The molecule has 0 atom stereocenters. The number of nitrogens with zero attached hydrogens (tertiary/aromatic N) is 1. The number of nitrogens with two attached hydrogens (primary N) is 1. The molecule has 0 fully saturated rings. The van der Waals surface area contributed by atoms with Crippen LogP contribution in [0.25, 0.3) is 10.8 Å². The zero-order valence-corrected chi connectivity index (χ0v) is 11.4. The Morgan fingerprint density at radius 3 is 2.67 bits per heavy atom. The lowest BCUT2D eigenvalue weighted by molar-refractivity contribution is 0.102. The highest BCUT2D eigenvalue weighted by Crippen LogP contribution is 2.22. The van der Waals surface area contributed by atoms with Crippen LogP contribution in [0.15, 0.2) is 60.9 Å². The fraction of sp³-hybridized carbons (Fsp3) is 0.0588. The highest BCUT2D eigenvalue weighted by atomic mass is 16.1. The Kier molecular flexibility index (Phi) is 3.62. The predicted molar refractivity (Wildman–Crippen MR) is 84.0 cm³/mol. The fourth-order valence-electron chi connectivity index (χ4n) is 2.22. The van der Waals surface area contributed by atoms with Gasteiger partial charge in [0.2, 0.25) is 0 Å². The minimum atomic E-state index is -0.136. The average molecular weight is 277 g/mol. The van der Waals surface area contributed by atoms with Crippen LogP contribution in [0.2, 0.25) is 0 Å². The molecule has 1 heterocycles. The van der Waals surface area contributed by atoms with Crippen LogP contribution in [-0.2, 0) is 6.54 Å². The van der Waals surface area contributed by atoms with Crippen molar-refractivity contribution in [2.75, 3.05) is 5.32 Å². The Hall–Kier alpha value is -2.72. The summed E-state index contributed by atoms with van der Waals surface area (Å²) in [5, 5.41) is 4.91. The molecule has 3 rings (SSSR count). The molecule has 4 heteroatoms. The molecule has 0 saturated heterocycles. The van der Waals surface area contributed by atoms with Gasteiger partial charge in [0.15, 0.2) is 0 Å². The third kappa shape index (κ3) is 2.75. The van der Waals surface area contributed by atoms with E-state index in [1.807, 2.05) is 36.4 Å². The normalized spacial score (nSPS) is 10.5. The standard InChI is InChI=1S/C17H15N3O/c18-10-12-4-6-13(7-5-12)17(21)20-16-3-1-2-14-11-19-9-8-15(14)16/h1-9,11H,10,18H2,(H,20,21). The molecule has 0 saturated carbocycles. The van der Waals surface area contributed by atoms with E-state index in [0.29, 0.717) is 12.1 Å². The van der Waals surface area contributed by atoms with Crippen LogP contribution >= 0.6 is 0 Å².